The molecule has 1 saturated heterocycles. The van der Waals surface area contributed by atoms with E-state index in [1.165, 1.54) is 17.0 Å². The number of likely N-dealkylation sites (N-methyl/N-ethyl adjacent to an activating group) is 1. The van der Waals surface area contributed by atoms with Crippen molar-refractivity contribution in [2.24, 2.45) is 0 Å². The van der Waals surface area contributed by atoms with E-state index in [0.717, 1.165) is 6.07 Å². The van der Waals surface area contributed by atoms with E-state index in [0.29, 0.717) is 13.0 Å². The zero-order chi connectivity index (χ0) is 15.6. The normalized spacial score (nSPS) is 21.9. The Labute approximate surface area is 122 Å². The van der Waals surface area contributed by atoms with E-state index in [4.69, 9.17) is 0 Å². The Morgan fingerprint density at radius 1 is 1.48 bits per heavy atom. The molecule has 0 aromatic heterocycles. The molecule has 5 nitrogen and oxygen atoms in total. The zero-order valence-corrected chi connectivity index (χ0v) is 12.0. The molecule has 1 aliphatic heterocycles. The SMILES string of the molecule is CN(C)[C@@H]1C[C@@H](CO)N(C(=O)Nc2cccc(F)c2F)C1. The summed E-state index contributed by atoms with van der Waals surface area (Å²) in [5, 5.41) is 11.7. The second-order valence-corrected chi connectivity index (χ2v) is 5.37. The van der Waals surface area contributed by atoms with E-state index < -0.39 is 17.7 Å². The number of hydrogen-bond acceptors (Lipinski definition) is 3. The van der Waals surface area contributed by atoms with Gasteiger partial charge in [-0.1, -0.05) is 6.07 Å². The van der Waals surface area contributed by atoms with Crippen LogP contribution in [0.25, 0.3) is 0 Å². The number of carbonyl (C=O) groups is 1. The van der Waals surface area contributed by atoms with Crippen LogP contribution in [0, 0.1) is 11.6 Å². The Kier molecular flexibility index (Phi) is 4.74. The molecule has 0 saturated carbocycles. The molecule has 1 aromatic carbocycles. The lowest BCUT2D eigenvalue weighted by atomic mass is 10.2. The van der Waals surface area contributed by atoms with Gasteiger partial charge < -0.3 is 20.2 Å². The van der Waals surface area contributed by atoms with Gasteiger partial charge in [-0.2, -0.15) is 0 Å². The third-order valence-corrected chi connectivity index (χ3v) is 3.79. The number of rotatable bonds is 3. The van der Waals surface area contributed by atoms with Crippen LogP contribution < -0.4 is 5.32 Å². The number of nitrogens with one attached hydrogen (secondary N) is 1. The average molecular weight is 299 g/mol. The highest BCUT2D eigenvalue weighted by Gasteiger charge is 2.36. The summed E-state index contributed by atoms with van der Waals surface area (Å²) in [5.74, 6) is -2.10. The molecule has 21 heavy (non-hydrogen) atoms. The van der Waals surface area contributed by atoms with Crippen LogP contribution in [0.15, 0.2) is 18.2 Å². The quantitative estimate of drug-likeness (QED) is 0.889. The predicted octanol–water partition coefficient (Wildman–Crippen LogP) is 1.49. The molecule has 0 unspecified atom stereocenters. The largest absolute Gasteiger partial charge is 0.394 e. The summed E-state index contributed by atoms with van der Waals surface area (Å²) in [6, 6.07) is 2.87. The Morgan fingerprint density at radius 2 is 2.19 bits per heavy atom. The molecule has 1 heterocycles. The highest BCUT2D eigenvalue weighted by molar-refractivity contribution is 5.90. The fourth-order valence-electron chi connectivity index (χ4n) is 2.48. The van der Waals surface area contributed by atoms with Crippen molar-refractivity contribution in [3.05, 3.63) is 29.8 Å². The van der Waals surface area contributed by atoms with Crippen molar-refractivity contribution >= 4 is 11.7 Å². The average Bonchev–Trinajstić information content (AvgIpc) is 2.88. The molecule has 0 spiro atoms. The molecule has 0 radical (unpaired) electrons. The minimum Gasteiger partial charge on any atom is -0.394 e. The lowest BCUT2D eigenvalue weighted by molar-refractivity contribution is 0.166. The topological polar surface area (TPSA) is 55.8 Å². The fourth-order valence-corrected chi connectivity index (χ4v) is 2.48. The number of amides is 2. The van der Waals surface area contributed by atoms with E-state index >= 15 is 0 Å². The van der Waals surface area contributed by atoms with Crippen LogP contribution in [0.4, 0.5) is 19.3 Å². The summed E-state index contributed by atoms with van der Waals surface area (Å²) in [5.41, 5.74) is -0.204. The maximum Gasteiger partial charge on any atom is 0.322 e. The number of aliphatic hydroxyl groups excluding tert-OH is 1. The van der Waals surface area contributed by atoms with Crippen molar-refractivity contribution in [2.45, 2.75) is 18.5 Å². The number of halogens is 2. The number of likely N-dealkylation sites (tertiary alicyclic amines) is 1. The summed E-state index contributed by atoms with van der Waals surface area (Å²) in [6.45, 7) is 0.268. The first kappa shape index (κ1) is 15.7. The van der Waals surface area contributed by atoms with Crippen molar-refractivity contribution in [1.82, 2.24) is 9.80 Å². The van der Waals surface area contributed by atoms with Crippen molar-refractivity contribution in [3.63, 3.8) is 0 Å². The Hall–Kier alpha value is -1.73. The second-order valence-electron chi connectivity index (χ2n) is 5.37. The fraction of sp³-hybridized carbons (Fsp3) is 0.500. The monoisotopic (exact) mass is 299 g/mol. The van der Waals surface area contributed by atoms with Crippen LogP contribution in [0.3, 0.4) is 0 Å². The molecule has 7 heteroatoms. The van der Waals surface area contributed by atoms with Gasteiger partial charge >= 0.3 is 6.03 Å². The van der Waals surface area contributed by atoms with E-state index in [1.54, 1.807) is 0 Å². The Balaban J connectivity index is 2.10. The van der Waals surface area contributed by atoms with Gasteiger partial charge in [0.2, 0.25) is 0 Å². The van der Waals surface area contributed by atoms with Crippen molar-refractivity contribution in [2.75, 3.05) is 32.6 Å². The molecule has 116 valence electrons. The number of anilines is 1. The van der Waals surface area contributed by atoms with Gasteiger partial charge in [-0.15, -0.1) is 0 Å². The smallest absolute Gasteiger partial charge is 0.322 e. The minimum atomic E-state index is -1.09. The molecule has 0 aliphatic carbocycles. The van der Waals surface area contributed by atoms with Crippen molar-refractivity contribution in [3.8, 4) is 0 Å². The van der Waals surface area contributed by atoms with E-state index in [1.807, 2.05) is 19.0 Å². The first-order valence-corrected chi connectivity index (χ1v) is 6.73. The van der Waals surface area contributed by atoms with Gasteiger partial charge in [0.05, 0.1) is 18.3 Å². The van der Waals surface area contributed by atoms with E-state index in [9.17, 15) is 18.7 Å². The Bertz CT molecular complexity index is 525. The standard InChI is InChI=1S/C14H19F2N3O2/c1-18(2)9-6-10(8-20)19(7-9)14(21)17-12-5-3-4-11(15)13(12)16/h3-5,9-10,20H,6-8H2,1-2H3,(H,17,21)/t9-,10+/m1/s1. The van der Waals surface area contributed by atoms with Crippen LogP contribution in [-0.2, 0) is 0 Å². The van der Waals surface area contributed by atoms with Gasteiger partial charge in [-0.3, -0.25) is 0 Å². The van der Waals surface area contributed by atoms with Gasteiger partial charge in [-0.25, -0.2) is 13.6 Å². The number of urea groups is 1. The highest BCUT2D eigenvalue weighted by Crippen LogP contribution is 2.23. The first-order valence-electron chi connectivity index (χ1n) is 6.73. The van der Waals surface area contributed by atoms with Gasteiger partial charge in [-0.05, 0) is 32.6 Å². The molecular weight excluding hydrogens is 280 g/mol. The Morgan fingerprint density at radius 3 is 2.81 bits per heavy atom. The number of nitrogens with zero attached hydrogens (tertiary/aromatic N) is 2. The number of aliphatic hydroxyl groups is 1. The molecule has 2 N–H and O–H groups in total. The maximum absolute atomic E-state index is 13.6. The third kappa shape index (κ3) is 3.30. The van der Waals surface area contributed by atoms with Gasteiger partial charge in [0, 0.05) is 12.6 Å². The number of hydrogen-bond donors (Lipinski definition) is 2. The van der Waals surface area contributed by atoms with Crippen molar-refractivity contribution in [1.29, 1.82) is 0 Å². The molecule has 2 atom stereocenters. The van der Waals surface area contributed by atoms with Crippen LogP contribution in [0.2, 0.25) is 0 Å². The minimum absolute atomic E-state index is 0.130. The molecule has 2 rings (SSSR count). The highest BCUT2D eigenvalue weighted by atomic mass is 19.2. The van der Waals surface area contributed by atoms with E-state index in [-0.39, 0.29) is 24.4 Å². The number of benzene rings is 1. The summed E-state index contributed by atoms with van der Waals surface area (Å²) < 4.78 is 26.7. The van der Waals surface area contributed by atoms with Crippen LogP contribution in [-0.4, -0.2) is 60.3 Å². The third-order valence-electron chi connectivity index (χ3n) is 3.79. The number of carbonyl (C=O) groups excluding carboxylic acids is 1. The summed E-state index contributed by atoms with van der Waals surface area (Å²) in [7, 11) is 3.79. The lowest BCUT2D eigenvalue weighted by Crippen LogP contribution is -2.41. The molecule has 0 bridgehead atoms. The maximum atomic E-state index is 13.6. The first-order chi connectivity index (χ1) is 9.93. The second kappa shape index (κ2) is 6.36. The van der Waals surface area contributed by atoms with E-state index in [2.05, 4.69) is 5.32 Å². The molecule has 1 aromatic rings. The molecular formula is C14H19F2N3O2. The zero-order valence-electron chi connectivity index (χ0n) is 12.0. The molecule has 2 amide bonds. The molecule has 1 fully saturated rings. The van der Waals surface area contributed by atoms with Crippen LogP contribution >= 0.6 is 0 Å². The van der Waals surface area contributed by atoms with Crippen LogP contribution in [0.5, 0.6) is 0 Å². The predicted molar refractivity (Wildman–Crippen MR) is 75.0 cm³/mol. The van der Waals surface area contributed by atoms with Crippen molar-refractivity contribution < 1.29 is 18.7 Å². The molecule has 1 aliphatic rings. The van der Waals surface area contributed by atoms with Gasteiger partial charge in [0.15, 0.2) is 11.6 Å². The van der Waals surface area contributed by atoms with Gasteiger partial charge in [0.1, 0.15) is 0 Å². The lowest BCUT2D eigenvalue weighted by Gasteiger charge is -2.23. The van der Waals surface area contributed by atoms with Gasteiger partial charge in [0.25, 0.3) is 0 Å². The summed E-state index contributed by atoms with van der Waals surface area (Å²) in [4.78, 5) is 15.6. The van der Waals surface area contributed by atoms with Crippen LogP contribution in [0.1, 0.15) is 6.42 Å². The summed E-state index contributed by atoms with van der Waals surface area (Å²) in [6.07, 6.45) is 0.641. The summed E-state index contributed by atoms with van der Waals surface area (Å²) >= 11 is 0.